The van der Waals surface area contributed by atoms with Gasteiger partial charge < -0.3 is 14.5 Å². The summed E-state index contributed by atoms with van der Waals surface area (Å²) in [7, 11) is 0. The summed E-state index contributed by atoms with van der Waals surface area (Å²) in [4.78, 5) is 23.0. The standard InChI is InChI=1S/C14H15N3O4/c1-2-6-15-13(18)10-20-14(19)12-5-4-11(21-12)9-17-8-3-7-16-17/h2-5,7-8H,1,6,9-10H2,(H,15,18). The van der Waals surface area contributed by atoms with E-state index in [2.05, 4.69) is 17.0 Å². The Bertz CT molecular complexity index is 616. The summed E-state index contributed by atoms with van der Waals surface area (Å²) in [6.45, 7) is 3.85. The number of carbonyl (C=O) groups is 2. The zero-order chi connectivity index (χ0) is 15.1. The first-order valence-electron chi connectivity index (χ1n) is 6.30. The average molecular weight is 289 g/mol. The lowest BCUT2D eigenvalue weighted by Gasteiger charge is -2.03. The van der Waals surface area contributed by atoms with Gasteiger partial charge in [-0.25, -0.2) is 4.79 Å². The lowest BCUT2D eigenvalue weighted by Crippen LogP contribution is -2.28. The van der Waals surface area contributed by atoms with Crippen molar-refractivity contribution in [2.75, 3.05) is 13.2 Å². The zero-order valence-corrected chi connectivity index (χ0v) is 11.3. The summed E-state index contributed by atoms with van der Waals surface area (Å²) in [6.07, 6.45) is 4.97. The van der Waals surface area contributed by atoms with Crippen LogP contribution in [0.2, 0.25) is 0 Å². The number of aromatic nitrogens is 2. The summed E-state index contributed by atoms with van der Waals surface area (Å²) in [6, 6.07) is 4.96. The molecule has 2 aromatic rings. The first-order chi connectivity index (χ1) is 10.2. The van der Waals surface area contributed by atoms with Crippen LogP contribution in [-0.4, -0.2) is 34.8 Å². The first kappa shape index (κ1) is 14.6. The van der Waals surface area contributed by atoms with Gasteiger partial charge in [0.25, 0.3) is 5.91 Å². The highest BCUT2D eigenvalue weighted by Crippen LogP contribution is 2.10. The second-order valence-electron chi connectivity index (χ2n) is 4.14. The monoisotopic (exact) mass is 289 g/mol. The maximum absolute atomic E-state index is 11.7. The highest BCUT2D eigenvalue weighted by molar-refractivity contribution is 5.88. The predicted octanol–water partition coefficient (Wildman–Crippen LogP) is 0.983. The van der Waals surface area contributed by atoms with E-state index in [1.165, 1.54) is 12.1 Å². The molecule has 110 valence electrons. The van der Waals surface area contributed by atoms with E-state index >= 15 is 0 Å². The van der Waals surface area contributed by atoms with E-state index in [1.807, 2.05) is 0 Å². The Morgan fingerprint density at radius 2 is 2.33 bits per heavy atom. The Morgan fingerprint density at radius 3 is 3.05 bits per heavy atom. The van der Waals surface area contributed by atoms with Crippen molar-refractivity contribution in [1.29, 1.82) is 0 Å². The first-order valence-corrected chi connectivity index (χ1v) is 6.30. The number of esters is 1. The van der Waals surface area contributed by atoms with Crippen molar-refractivity contribution in [2.45, 2.75) is 6.54 Å². The zero-order valence-electron chi connectivity index (χ0n) is 11.3. The second kappa shape index (κ2) is 7.09. The Hall–Kier alpha value is -2.83. The van der Waals surface area contributed by atoms with E-state index < -0.39 is 11.9 Å². The topological polar surface area (TPSA) is 86.4 Å². The number of rotatable bonds is 7. The number of furan rings is 1. The van der Waals surface area contributed by atoms with E-state index in [-0.39, 0.29) is 12.4 Å². The van der Waals surface area contributed by atoms with Gasteiger partial charge in [0.05, 0.1) is 6.54 Å². The quantitative estimate of drug-likeness (QED) is 0.606. The Balaban J connectivity index is 1.84. The van der Waals surface area contributed by atoms with E-state index in [1.54, 1.807) is 29.2 Å². The maximum atomic E-state index is 11.7. The molecule has 0 unspecified atom stereocenters. The third-order valence-corrected chi connectivity index (χ3v) is 2.52. The van der Waals surface area contributed by atoms with Crippen molar-refractivity contribution in [3.63, 3.8) is 0 Å². The van der Waals surface area contributed by atoms with Crippen LogP contribution >= 0.6 is 0 Å². The van der Waals surface area contributed by atoms with Gasteiger partial charge in [0.15, 0.2) is 6.61 Å². The molecule has 2 heterocycles. The Labute approximate surface area is 121 Å². The summed E-state index contributed by atoms with van der Waals surface area (Å²) < 4.78 is 11.8. The molecule has 2 aromatic heterocycles. The molecule has 7 heteroatoms. The van der Waals surface area contributed by atoms with Gasteiger partial charge in [-0.3, -0.25) is 9.48 Å². The lowest BCUT2D eigenvalue weighted by molar-refractivity contribution is -0.124. The third-order valence-electron chi connectivity index (χ3n) is 2.52. The fourth-order valence-corrected chi connectivity index (χ4v) is 1.57. The fourth-order valence-electron chi connectivity index (χ4n) is 1.57. The van der Waals surface area contributed by atoms with E-state index in [9.17, 15) is 9.59 Å². The van der Waals surface area contributed by atoms with Gasteiger partial charge in [-0.15, -0.1) is 6.58 Å². The molecule has 0 saturated carbocycles. The number of nitrogens with one attached hydrogen (secondary N) is 1. The number of carbonyl (C=O) groups excluding carboxylic acids is 2. The van der Waals surface area contributed by atoms with Crippen molar-refractivity contribution >= 4 is 11.9 Å². The maximum Gasteiger partial charge on any atom is 0.374 e. The molecule has 0 radical (unpaired) electrons. The van der Waals surface area contributed by atoms with Gasteiger partial charge in [0.1, 0.15) is 5.76 Å². The van der Waals surface area contributed by atoms with Crippen LogP contribution in [0, 0.1) is 0 Å². The van der Waals surface area contributed by atoms with Crippen LogP contribution in [0.1, 0.15) is 16.3 Å². The molecule has 0 saturated heterocycles. The molecule has 0 bridgehead atoms. The van der Waals surface area contributed by atoms with Crippen LogP contribution < -0.4 is 5.32 Å². The number of hydrogen-bond donors (Lipinski definition) is 1. The van der Waals surface area contributed by atoms with Crippen LogP contribution in [0.15, 0.2) is 47.7 Å². The van der Waals surface area contributed by atoms with Crippen LogP contribution in [0.5, 0.6) is 0 Å². The van der Waals surface area contributed by atoms with Gasteiger partial charge in [-0.2, -0.15) is 5.10 Å². The lowest BCUT2D eigenvalue weighted by atomic mass is 10.4. The summed E-state index contributed by atoms with van der Waals surface area (Å²) in [5.74, 6) is -0.461. The Kier molecular flexibility index (Phi) is 4.92. The minimum Gasteiger partial charge on any atom is -0.452 e. The van der Waals surface area contributed by atoms with Gasteiger partial charge in [-0.05, 0) is 18.2 Å². The summed E-state index contributed by atoms with van der Waals surface area (Å²) >= 11 is 0. The minimum atomic E-state index is -0.685. The molecule has 0 aliphatic rings. The van der Waals surface area contributed by atoms with Crippen LogP contribution in [-0.2, 0) is 16.1 Å². The number of ether oxygens (including phenoxy) is 1. The summed E-state index contributed by atoms with van der Waals surface area (Å²) in [5.41, 5.74) is 0. The molecule has 0 atom stereocenters. The Morgan fingerprint density at radius 1 is 1.48 bits per heavy atom. The molecular formula is C14H15N3O4. The third kappa shape index (κ3) is 4.34. The SMILES string of the molecule is C=CCNC(=O)COC(=O)c1ccc(Cn2cccn2)o1. The number of hydrogen-bond acceptors (Lipinski definition) is 5. The molecular weight excluding hydrogens is 274 g/mol. The van der Waals surface area contributed by atoms with Crippen molar-refractivity contribution < 1.29 is 18.7 Å². The molecule has 1 amide bonds. The molecule has 0 aliphatic carbocycles. The molecule has 21 heavy (non-hydrogen) atoms. The van der Waals surface area contributed by atoms with Gasteiger partial charge in [0.2, 0.25) is 5.76 Å². The highest BCUT2D eigenvalue weighted by Gasteiger charge is 2.14. The molecule has 0 spiro atoms. The van der Waals surface area contributed by atoms with Crippen LogP contribution in [0.25, 0.3) is 0 Å². The van der Waals surface area contributed by atoms with Gasteiger partial charge >= 0.3 is 5.97 Å². The van der Waals surface area contributed by atoms with E-state index in [0.29, 0.717) is 18.8 Å². The molecule has 1 N–H and O–H groups in total. The fraction of sp³-hybridized carbons (Fsp3) is 0.214. The van der Waals surface area contributed by atoms with Crippen molar-refractivity contribution in [3.8, 4) is 0 Å². The van der Waals surface area contributed by atoms with Crippen LogP contribution in [0.4, 0.5) is 0 Å². The molecule has 0 aromatic carbocycles. The van der Waals surface area contributed by atoms with Crippen molar-refractivity contribution in [1.82, 2.24) is 15.1 Å². The van der Waals surface area contributed by atoms with Crippen LogP contribution in [0.3, 0.4) is 0 Å². The number of amides is 1. The normalized spacial score (nSPS) is 10.1. The predicted molar refractivity (Wildman–Crippen MR) is 73.5 cm³/mol. The number of nitrogens with zero attached hydrogens (tertiary/aromatic N) is 2. The molecule has 0 fully saturated rings. The van der Waals surface area contributed by atoms with Crippen molar-refractivity contribution in [3.05, 3.63) is 54.8 Å². The second-order valence-corrected chi connectivity index (χ2v) is 4.14. The van der Waals surface area contributed by atoms with Crippen molar-refractivity contribution in [2.24, 2.45) is 0 Å². The smallest absolute Gasteiger partial charge is 0.374 e. The summed E-state index contributed by atoms with van der Waals surface area (Å²) in [5, 5.41) is 6.53. The minimum absolute atomic E-state index is 0.0497. The molecule has 0 aliphatic heterocycles. The van der Waals surface area contributed by atoms with Gasteiger partial charge in [0, 0.05) is 18.9 Å². The van der Waals surface area contributed by atoms with E-state index in [0.717, 1.165) is 0 Å². The molecule has 7 nitrogen and oxygen atoms in total. The largest absolute Gasteiger partial charge is 0.452 e. The van der Waals surface area contributed by atoms with Gasteiger partial charge in [-0.1, -0.05) is 6.08 Å². The highest BCUT2D eigenvalue weighted by atomic mass is 16.5. The average Bonchev–Trinajstić information content (AvgIpc) is 3.14. The van der Waals surface area contributed by atoms with E-state index in [4.69, 9.17) is 9.15 Å². The molecule has 2 rings (SSSR count).